The van der Waals surface area contributed by atoms with Crippen molar-refractivity contribution in [3.63, 3.8) is 0 Å². The van der Waals surface area contributed by atoms with Gasteiger partial charge in [-0.05, 0) is 17.8 Å². The summed E-state index contributed by atoms with van der Waals surface area (Å²) in [7, 11) is 0. The molecule has 0 aliphatic carbocycles. The average molecular weight is 185 g/mol. The minimum absolute atomic E-state index is 0.203. The van der Waals surface area contributed by atoms with Gasteiger partial charge in [0.25, 0.3) is 0 Å². The first-order valence-corrected chi connectivity index (χ1v) is 4.70. The average Bonchev–Trinajstić information content (AvgIpc) is 1.99. The first-order valence-electron chi connectivity index (χ1n) is 5.70. The molecule has 0 amide bonds. The molecule has 0 saturated heterocycles. The summed E-state index contributed by atoms with van der Waals surface area (Å²) in [6.07, 6.45) is 0.328. The van der Waals surface area contributed by atoms with E-state index in [-0.39, 0.29) is 10.8 Å². The Kier molecular flexibility index (Phi) is 2.82. The molecular weight excluding hydrogens is 158 g/mol. The summed E-state index contributed by atoms with van der Waals surface area (Å²) in [5, 5.41) is 0. The standard InChI is InChI=1S/C12H23N/c1-10(8-11(2,3)4)13-9-12(5,6)7/h8-9H,1-7H3/b10-8-,13-9-/i8T,9T. The van der Waals surface area contributed by atoms with E-state index in [0.29, 0.717) is 17.9 Å². The van der Waals surface area contributed by atoms with Crippen molar-refractivity contribution in [2.24, 2.45) is 15.8 Å². The number of allylic oxidation sites excluding steroid dienone is 2. The van der Waals surface area contributed by atoms with E-state index in [1.54, 1.807) is 6.92 Å². The van der Waals surface area contributed by atoms with E-state index in [0.717, 1.165) is 0 Å². The van der Waals surface area contributed by atoms with E-state index in [9.17, 15) is 0 Å². The van der Waals surface area contributed by atoms with Crippen molar-refractivity contribution in [3.8, 4) is 0 Å². The molecule has 13 heavy (non-hydrogen) atoms. The van der Waals surface area contributed by atoms with Crippen molar-refractivity contribution in [3.05, 3.63) is 11.7 Å². The van der Waals surface area contributed by atoms with Crippen molar-refractivity contribution in [2.75, 3.05) is 0 Å². The van der Waals surface area contributed by atoms with Crippen molar-refractivity contribution in [1.82, 2.24) is 0 Å². The molecule has 0 radical (unpaired) electrons. The molecule has 0 N–H and O–H groups in total. The molecule has 0 heterocycles. The highest BCUT2D eigenvalue weighted by Gasteiger charge is 2.07. The molecule has 0 rings (SSSR count). The Morgan fingerprint density at radius 3 is 1.85 bits per heavy atom. The van der Waals surface area contributed by atoms with Crippen LogP contribution in [-0.2, 0) is 0 Å². The van der Waals surface area contributed by atoms with Crippen LogP contribution in [0.4, 0.5) is 0 Å². The van der Waals surface area contributed by atoms with Gasteiger partial charge in [0.2, 0.25) is 0 Å². The summed E-state index contributed by atoms with van der Waals surface area (Å²) < 4.78 is 15.7. The number of hydrogen-bond acceptors (Lipinski definition) is 1. The minimum atomic E-state index is -0.251. The van der Waals surface area contributed by atoms with E-state index in [1.165, 1.54) is 0 Å². The molecule has 0 aliphatic heterocycles. The van der Waals surface area contributed by atoms with Crippen LogP contribution in [0.25, 0.3) is 0 Å². The lowest BCUT2D eigenvalue weighted by Crippen LogP contribution is -2.06. The predicted molar refractivity (Wildman–Crippen MR) is 61.2 cm³/mol. The van der Waals surface area contributed by atoms with Gasteiger partial charge in [0.05, 0.1) is 2.74 Å². The van der Waals surface area contributed by atoms with Crippen LogP contribution >= 0.6 is 0 Å². The third-order valence-corrected chi connectivity index (χ3v) is 1.11. The van der Waals surface area contributed by atoms with Crippen LogP contribution in [0.2, 0.25) is 0 Å². The van der Waals surface area contributed by atoms with Gasteiger partial charge >= 0.3 is 0 Å². The van der Waals surface area contributed by atoms with E-state index >= 15 is 0 Å². The van der Waals surface area contributed by atoms with Crippen LogP contribution < -0.4 is 0 Å². The summed E-state index contributed by atoms with van der Waals surface area (Å²) in [5.41, 5.74) is 0.188. The quantitative estimate of drug-likeness (QED) is 0.546. The zero-order valence-electron chi connectivity index (χ0n) is 11.9. The second-order valence-corrected chi connectivity index (χ2v) is 5.43. The normalized spacial score (nSPS) is 19.2. The summed E-state index contributed by atoms with van der Waals surface area (Å²) in [6.45, 7) is 13.6. The van der Waals surface area contributed by atoms with Crippen molar-refractivity contribution < 1.29 is 2.74 Å². The molecule has 0 aromatic carbocycles. The molecular formula is C12H23N. The molecule has 1 heteroatoms. The largest absolute Gasteiger partial charge is 0.266 e. The van der Waals surface area contributed by atoms with Gasteiger partial charge in [-0.3, -0.25) is 4.99 Å². The molecule has 0 atom stereocenters. The third-order valence-electron chi connectivity index (χ3n) is 1.11. The lowest BCUT2D eigenvalue weighted by Gasteiger charge is -2.14. The Labute approximate surface area is 85.8 Å². The summed E-state index contributed by atoms with van der Waals surface area (Å²) in [5.74, 6) is 0. The highest BCUT2D eigenvalue weighted by molar-refractivity contribution is 5.65. The molecule has 0 spiro atoms. The highest BCUT2D eigenvalue weighted by atomic mass is 14.7. The Balaban J connectivity index is 5.14. The van der Waals surface area contributed by atoms with E-state index in [2.05, 4.69) is 4.99 Å². The number of rotatable bonds is 1. The molecule has 0 aliphatic rings. The van der Waals surface area contributed by atoms with Crippen molar-refractivity contribution in [2.45, 2.75) is 48.5 Å². The molecule has 0 saturated carbocycles. The Morgan fingerprint density at radius 1 is 1.08 bits per heavy atom. The first kappa shape index (κ1) is 8.98. The zero-order valence-corrected chi connectivity index (χ0v) is 9.95. The Morgan fingerprint density at radius 2 is 1.54 bits per heavy atom. The SMILES string of the molecule is [3H]/C(=N/C(C)=C(/[3H])C(C)(C)C)C(C)(C)C. The monoisotopic (exact) mass is 185 g/mol. The van der Waals surface area contributed by atoms with Gasteiger partial charge < -0.3 is 0 Å². The highest BCUT2D eigenvalue weighted by Crippen LogP contribution is 2.18. The lowest BCUT2D eigenvalue weighted by molar-refractivity contribution is 0.539. The number of aliphatic imine (C=N–C) groups is 1. The maximum Gasteiger partial charge on any atom is 0.0797 e. The fraction of sp³-hybridized carbons (Fsp3) is 0.750. The Bertz CT molecular complexity index is 288. The molecule has 0 bridgehead atoms. The number of hydrogen-bond donors (Lipinski definition) is 0. The Hall–Kier alpha value is -0.590. The molecule has 76 valence electrons. The molecule has 0 unspecified atom stereocenters. The second-order valence-electron chi connectivity index (χ2n) is 5.43. The van der Waals surface area contributed by atoms with Gasteiger partial charge in [0, 0.05) is 11.9 Å². The summed E-state index contributed by atoms with van der Waals surface area (Å²) in [6, 6.07) is 0.497. The third kappa shape index (κ3) is 9.32. The van der Waals surface area contributed by atoms with Crippen molar-refractivity contribution in [1.29, 1.82) is 0 Å². The molecule has 0 aromatic rings. The fourth-order valence-corrected chi connectivity index (χ4v) is 0.822. The lowest BCUT2D eigenvalue weighted by atomic mass is 9.95. The minimum Gasteiger partial charge on any atom is -0.266 e. The fourth-order valence-electron chi connectivity index (χ4n) is 0.822. The van der Waals surface area contributed by atoms with Crippen LogP contribution in [0.5, 0.6) is 0 Å². The van der Waals surface area contributed by atoms with Gasteiger partial charge in [0.15, 0.2) is 0 Å². The second kappa shape index (κ2) is 4.08. The van der Waals surface area contributed by atoms with Crippen molar-refractivity contribution >= 4 is 6.19 Å². The summed E-state index contributed by atoms with van der Waals surface area (Å²) >= 11 is 0. The van der Waals surface area contributed by atoms with Gasteiger partial charge in [-0.25, -0.2) is 0 Å². The van der Waals surface area contributed by atoms with Gasteiger partial charge in [-0.15, -0.1) is 0 Å². The topological polar surface area (TPSA) is 12.4 Å². The van der Waals surface area contributed by atoms with E-state index in [1.807, 2.05) is 41.5 Å². The van der Waals surface area contributed by atoms with Crippen LogP contribution in [0.1, 0.15) is 51.2 Å². The van der Waals surface area contributed by atoms with E-state index in [4.69, 9.17) is 2.74 Å². The maximum atomic E-state index is 7.92. The van der Waals surface area contributed by atoms with Gasteiger partial charge in [-0.1, -0.05) is 47.6 Å². The van der Waals surface area contributed by atoms with Crippen LogP contribution in [0.3, 0.4) is 0 Å². The first-order chi connectivity index (χ1) is 6.46. The molecule has 0 aromatic heterocycles. The smallest absolute Gasteiger partial charge is 0.0797 e. The van der Waals surface area contributed by atoms with Crippen LogP contribution in [0, 0.1) is 10.8 Å². The summed E-state index contributed by atoms with van der Waals surface area (Å²) in [4.78, 5) is 4.19. The zero-order chi connectivity index (χ0) is 12.4. The van der Waals surface area contributed by atoms with Crippen LogP contribution in [-0.4, -0.2) is 6.19 Å². The van der Waals surface area contributed by atoms with Crippen LogP contribution in [0.15, 0.2) is 16.7 Å². The molecule has 1 nitrogen and oxygen atoms in total. The van der Waals surface area contributed by atoms with E-state index < -0.39 is 0 Å². The number of nitrogens with zero attached hydrogens (tertiary/aromatic N) is 1. The predicted octanol–water partition coefficient (Wildman–Crippen LogP) is 4.05. The molecule has 0 fully saturated rings. The van der Waals surface area contributed by atoms with Gasteiger partial charge in [-0.2, -0.15) is 0 Å². The maximum absolute atomic E-state index is 7.92. The van der Waals surface area contributed by atoms with Gasteiger partial charge in [0.1, 0.15) is 0 Å².